The van der Waals surface area contributed by atoms with E-state index in [1.54, 1.807) is 29.1 Å². The molecule has 1 aromatic heterocycles. The fraction of sp³-hybridized carbons (Fsp3) is 0.273. The molecule has 2 aromatic rings. The number of halogens is 2. The van der Waals surface area contributed by atoms with Gasteiger partial charge in [0.2, 0.25) is 0 Å². The smallest absolute Gasteiger partial charge is 0.120 e. The van der Waals surface area contributed by atoms with E-state index in [0.717, 1.165) is 5.69 Å². The van der Waals surface area contributed by atoms with Crippen LogP contribution >= 0.6 is 23.2 Å². The van der Waals surface area contributed by atoms with Crippen molar-refractivity contribution in [3.63, 3.8) is 0 Å². The monoisotopic (exact) mass is 286 g/mol. The first kappa shape index (κ1) is 13.1. The van der Waals surface area contributed by atoms with Crippen LogP contribution in [0.2, 0.25) is 10.0 Å². The quantitative estimate of drug-likeness (QED) is 0.914. The van der Waals surface area contributed by atoms with Crippen LogP contribution in [-0.2, 0) is 13.1 Å². The highest BCUT2D eigenvalue weighted by molar-refractivity contribution is 6.42. The SMILES string of the molecule is NCc1cn(CCOc2ccc(Cl)c(Cl)c2)nn1. The third kappa shape index (κ3) is 3.35. The van der Waals surface area contributed by atoms with E-state index in [4.69, 9.17) is 33.7 Å². The third-order valence-electron chi connectivity index (χ3n) is 2.28. The topological polar surface area (TPSA) is 66.0 Å². The minimum atomic E-state index is 0.383. The summed E-state index contributed by atoms with van der Waals surface area (Å²) in [5.41, 5.74) is 6.19. The van der Waals surface area contributed by atoms with Gasteiger partial charge < -0.3 is 10.5 Å². The fourth-order valence-electron chi connectivity index (χ4n) is 1.37. The van der Waals surface area contributed by atoms with E-state index >= 15 is 0 Å². The number of nitrogens with zero attached hydrogens (tertiary/aromatic N) is 3. The number of nitrogens with two attached hydrogens (primary N) is 1. The molecule has 2 rings (SSSR count). The van der Waals surface area contributed by atoms with E-state index in [0.29, 0.717) is 35.5 Å². The van der Waals surface area contributed by atoms with Crippen LogP contribution in [0, 0.1) is 0 Å². The molecule has 0 fully saturated rings. The lowest BCUT2D eigenvalue weighted by atomic mass is 10.3. The molecule has 18 heavy (non-hydrogen) atoms. The van der Waals surface area contributed by atoms with Crippen LogP contribution in [-0.4, -0.2) is 21.6 Å². The van der Waals surface area contributed by atoms with Crippen molar-refractivity contribution in [1.29, 1.82) is 0 Å². The molecule has 0 saturated carbocycles. The highest BCUT2D eigenvalue weighted by Crippen LogP contribution is 2.26. The maximum atomic E-state index is 5.88. The second kappa shape index (κ2) is 6.04. The molecule has 1 aromatic carbocycles. The number of ether oxygens (including phenoxy) is 1. The Balaban J connectivity index is 1.86. The van der Waals surface area contributed by atoms with Gasteiger partial charge in [0.1, 0.15) is 12.4 Å². The second-order valence-corrected chi connectivity index (χ2v) is 4.42. The zero-order chi connectivity index (χ0) is 13.0. The van der Waals surface area contributed by atoms with Gasteiger partial charge in [-0.2, -0.15) is 0 Å². The maximum absolute atomic E-state index is 5.88. The van der Waals surface area contributed by atoms with Gasteiger partial charge in [0, 0.05) is 18.8 Å². The standard InChI is InChI=1S/C11H12Cl2N4O/c12-10-2-1-9(5-11(10)13)18-4-3-17-7-8(6-14)15-16-17/h1-2,5,7H,3-4,6,14H2. The summed E-state index contributed by atoms with van der Waals surface area (Å²) in [6, 6.07) is 5.14. The van der Waals surface area contributed by atoms with Gasteiger partial charge in [0.15, 0.2) is 0 Å². The average Bonchev–Trinajstić information content (AvgIpc) is 2.82. The Morgan fingerprint density at radius 2 is 2.11 bits per heavy atom. The summed E-state index contributed by atoms with van der Waals surface area (Å²) in [5, 5.41) is 8.77. The second-order valence-electron chi connectivity index (χ2n) is 3.60. The van der Waals surface area contributed by atoms with Crippen molar-refractivity contribution in [2.24, 2.45) is 5.73 Å². The predicted octanol–water partition coefficient (Wildman–Crippen LogP) is 2.12. The van der Waals surface area contributed by atoms with Gasteiger partial charge in [0.25, 0.3) is 0 Å². The molecule has 5 nitrogen and oxygen atoms in total. The summed E-state index contributed by atoms with van der Waals surface area (Å²) in [7, 11) is 0. The van der Waals surface area contributed by atoms with Crippen molar-refractivity contribution < 1.29 is 4.74 Å². The van der Waals surface area contributed by atoms with Crippen molar-refractivity contribution in [1.82, 2.24) is 15.0 Å². The average molecular weight is 287 g/mol. The molecule has 0 aliphatic carbocycles. The first-order valence-corrected chi connectivity index (χ1v) is 6.11. The summed E-state index contributed by atoms with van der Waals surface area (Å²) in [5.74, 6) is 0.670. The number of rotatable bonds is 5. The molecular weight excluding hydrogens is 275 g/mol. The summed E-state index contributed by atoms with van der Waals surface area (Å²) in [4.78, 5) is 0. The Morgan fingerprint density at radius 3 is 2.78 bits per heavy atom. The molecule has 0 aliphatic heterocycles. The minimum Gasteiger partial charge on any atom is -0.492 e. The Hall–Kier alpha value is -1.30. The van der Waals surface area contributed by atoms with Gasteiger partial charge in [0.05, 0.1) is 22.3 Å². The van der Waals surface area contributed by atoms with Crippen LogP contribution in [0.4, 0.5) is 0 Å². The molecule has 0 spiro atoms. The molecule has 2 N–H and O–H groups in total. The lowest BCUT2D eigenvalue weighted by Crippen LogP contribution is -2.08. The summed E-state index contributed by atoms with van der Waals surface area (Å²) in [6.07, 6.45) is 1.79. The zero-order valence-electron chi connectivity index (χ0n) is 9.51. The van der Waals surface area contributed by atoms with Crippen molar-refractivity contribution >= 4 is 23.2 Å². The molecule has 0 unspecified atom stereocenters. The highest BCUT2D eigenvalue weighted by Gasteiger charge is 2.01. The van der Waals surface area contributed by atoms with E-state index < -0.39 is 0 Å². The number of hydrogen-bond donors (Lipinski definition) is 1. The van der Waals surface area contributed by atoms with E-state index in [2.05, 4.69) is 10.3 Å². The van der Waals surface area contributed by atoms with Gasteiger partial charge in [-0.1, -0.05) is 28.4 Å². The van der Waals surface area contributed by atoms with Gasteiger partial charge in [-0.25, -0.2) is 4.68 Å². The van der Waals surface area contributed by atoms with Crippen molar-refractivity contribution in [3.8, 4) is 5.75 Å². The molecular formula is C11H12Cl2N4O. The molecule has 96 valence electrons. The summed E-state index contributed by atoms with van der Waals surface area (Å²) < 4.78 is 7.21. The Morgan fingerprint density at radius 1 is 1.28 bits per heavy atom. The lowest BCUT2D eigenvalue weighted by molar-refractivity contribution is 0.289. The molecule has 0 atom stereocenters. The largest absolute Gasteiger partial charge is 0.492 e. The number of hydrogen-bond acceptors (Lipinski definition) is 4. The van der Waals surface area contributed by atoms with Crippen LogP contribution in [0.25, 0.3) is 0 Å². The Labute approximate surface area is 114 Å². The maximum Gasteiger partial charge on any atom is 0.120 e. The third-order valence-corrected chi connectivity index (χ3v) is 3.01. The minimum absolute atomic E-state index is 0.383. The van der Waals surface area contributed by atoms with E-state index in [9.17, 15) is 0 Å². The molecule has 0 bridgehead atoms. The number of benzene rings is 1. The predicted molar refractivity (Wildman–Crippen MR) is 69.9 cm³/mol. The molecule has 0 amide bonds. The van der Waals surface area contributed by atoms with E-state index in [-0.39, 0.29) is 0 Å². The Kier molecular flexibility index (Phi) is 4.41. The van der Waals surface area contributed by atoms with Crippen LogP contribution in [0.15, 0.2) is 24.4 Å². The van der Waals surface area contributed by atoms with Crippen molar-refractivity contribution in [3.05, 3.63) is 40.1 Å². The van der Waals surface area contributed by atoms with Crippen LogP contribution in [0.3, 0.4) is 0 Å². The molecule has 7 heteroatoms. The van der Waals surface area contributed by atoms with E-state index in [1.807, 2.05) is 0 Å². The lowest BCUT2D eigenvalue weighted by Gasteiger charge is -2.06. The zero-order valence-corrected chi connectivity index (χ0v) is 11.0. The molecule has 1 heterocycles. The van der Waals surface area contributed by atoms with Crippen molar-refractivity contribution in [2.45, 2.75) is 13.1 Å². The first-order valence-electron chi connectivity index (χ1n) is 5.36. The summed E-state index contributed by atoms with van der Waals surface area (Å²) >= 11 is 11.7. The first-order chi connectivity index (χ1) is 8.69. The highest BCUT2D eigenvalue weighted by atomic mass is 35.5. The fourth-order valence-corrected chi connectivity index (χ4v) is 1.65. The summed E-state index contributed by atoms with van der Waals surface area (Å²) in [6.45, 7) is 1.44. The number of aromatic nitrogens is 3. The van der Waals surface area contributed by atoms with Crippen LogP contribution in [0.5, 0.6) is 5.75 Å². The normalized spacial score (nSPS) is 10.6. The van der Waals surface area contributed by atoms with Crippen LogP contribution in [0.1, 0.15) is 5.69 Å². The van der Waals surface area contributed by atoms with Crippen molar-refractivity contribution in [2.75, 3.05) is 6.61 Å². The van der Waals surface area contributed by atoms with Gasteiger partial charge in [-0.3, -0.25) is 0 Å². The van der Waals surface area contributed by atoms with Gasteiger partial charge in [-0.15, -0.1) is 5.10 Å². The molecule has 0 aliphatic rings. The van der Waals surface area contributed by atoms with Gasteiger partial charge >= 0.3 is 0 Å². The van der Waals surface area contributed by atoms with Gasteiger partial charge in [-0.05, 0) is 12.1 Å². The molecule has 0 radical (unpaired) electrons. The van der Waals surface area contributed by atoms with E-state index in [1.165, 1.54) is 0 Å². The molecule has 0 saturated heterocycles. The Bertz CT molecular complexity index is 530. The van der Waals surface area contributed by atoms with Crippen LogP contribution < -0.4 is 10.5 Å².